The topological polar surface area (TPSA) is 17.8 Å². The van der Waals surface area contributed by atoms with Gasteiger partial charge in [0.2, 0.25) is 0 Å². The summed E-state index contributed by atoms with van der Waals surface area (Å²) in [4.78, 5) is 0. The van der Waals surface area contributed by atoms with Crippen LogP contribution < -0.4 is 0 Å². The maximum Gasteiger partial charge on any atom is 0.0817 e. The van der Waals surface area contributed by atoms with Gasteiger partial charge in [-0.1, -0.05) is 11.6 Å². The smallest absolute Gasteiger partial charge is 0.0817 e. The van der Waals surface area contributed by atoms with Crippen LogP contribution in [0.25, 0.3) is 0 Å². The standard InChI is InChI=1S/C7H10Cl2N2/c1-11-7(3-2-4-8)6(9)5-10-11/h5H,2-4H2,1H3. The Morgan fingerprint density at radius 2 is 2.36 bits per heavy atom. The van der Waals surface area contributed by atoms with E-state index in [0.717, 1.165) is 23.6 Å². The van der Waals surface area contributed by atoms with Crippen molar-refractivity contribution in [1.29, 1.82) is 0 Å². The number of aromatic nitrogens is 2. The largest absolute Gasteiger partial charge is 0.271 e. The minimum Gasteiger partial charge on any atom is -0.271 e. The van der Waals surface area contributed by atoms with Crippen LogP contribution >= 0.6 is 23.2 Å². The molecule has 2 nitrogen and oxygen atoms in total. The molecule has 0 aliphatic carbocycles. The molecule has 0 aliphatic heterocycles. The molecule has 11 heavy (non-hydrogen) atoms. The lowest BCUT2D eigenvalue weighted by Crippen LogP contribution is -1.98. The fourth-order valence-corrected chi connectivity index (χ4v) is 1.35. The average molecular weight is 193 g/mol. The predicted molar refractivity (Wildman–Crippen MR) is 47.3 cm³/mol. The van der Waals surface area contributed by atoms with E-state index >= 15 is 0 Å². The van der Waals surface area contributed by atoms with E-state index in [2.05, 4.69) is 5.10 Å². The summed E-state index contributed by atoms with van der Waals surface area (Å²) in [5.74, 6) is 0.668. The van der Waals surface area contributed by atoms with Crippen molar-refractivity contribution in [1.82, 2.24) is 9.78 Å². The lowest BCUT2D eigenvalue weighted by atomic mass is 10.2. The van der Waals surface area contributed by atoms with Gasteiger partial charge in [0.05, 0.1) is 16.9 Å². The second-order valence-corrected chi connectivity index (χ2v) is 3.14. The van der Waals surface area contributed by atoms with Crippen LogP contribution in [0.4, 0.5) is 0 Å². The Balaban J connectivity index is 2.67. The van der Waals surface area contributed by atoms with Crippen molar-refractivity contribution in [3.8, 4) is 0 Å². The monoisotopic (exact) mass is 192 g/mol. The minimum absolute atomic E-state index is 0.668. The third kappa shape index (κ3) is 2.11. The Morgan fingerprint density at radius 3 is 2.82 bits per heavy atom. The Morgan fingerprint density at radius 1 is 1.64 bits per heavy atom. The summed E-state index contributed by atoms with van der Waals surface area (Å²) in [5, 5.41) is 4.74. The van der Waals surface area contributed by atoms with Crippen LogP contribution in [0.3, 0.4) is 0 Å². The molecule has 0 unspecified atom stereocenters. The van der Waals surface area contributed by atoms with Crippen LogP contribution in [0.5, 0.6) is 0 Å². The molecular formula is C7H10Cl2N2. The summed E-state index contributed by atoms with van der Waals surface area (Å²) in [7, 11) is 1.88. The summed E-state index contributed by atoms with van der Waals surface area (Å²) in [6, 6.07) is 0. The zero-order valence-corrected chi connectivity index (χ0v) is 7.86. The van der Waals surface area contributed by atoms with Crippen molar-refractivity contribution in [2.24, 2.45) is 7.05 Å². The van der Waals surface area contributed by atoms with E-state index in [0.29, 0.717) is 5.88 Å². The molecule has 0 amide bonds. The molecule has 0 radical (unpaired) electrons. The van der Waals surface area contributed by atoms with Crippen LogP contribution in [-0.2, 0) is 13.5 Å². The normalized spacial score (nSPS) is 10.5. The maximum absolute atomic E-state index is 5.85. The third-order valence-electron chi connectivity index (χ3n) is 1.56. The zero-order chi connectivity index (χ0) is 8.27. The Hall–Kier alpha value is -0.210. The van der Waals surface area contributed by atoms with Gasteiger partial charge in [0.25, 0.3) is 0 Å². The van der Waals surface area contributed by atoms with E-state index in [1.807, 2.05) is 7.05 Å². The molecule has 4 heteroatoms. The van der Waals surface area contributed by atoms with Gasteiger partial charge in [-0.2, -0.15) is 5.10 Å². The zero-order valence-electron chi connectivity index (χ0n) is 6.35. The lowest BCUT2D eigenvalue weighted by Gasteiger charge is -1.99. The fraction of sp³-hybridized carbons (Fsp3) is 0.571. The quantitative estimate of drug-likeness (QED) is 0.673. The van der Waals surface area contributed by atoms with Crippen LogP contribution in [-0.4, -0.2) is 15.7 Å². The number of nitrogens with zero attached hydrogens (tertiary/aromatic N) is 2. The number of halogens is 2. The molecule has 0 aromatic carbocycles. The molecule has 0 atom stereocenters. The first kappa shape index (κ1) is 8.88. The number of alkyl halides is 1. The molecule has 0 saturated heterocycles. The molecule has 0 bridgehead atoms. The van der Waals surface area contributed by atoms with E-state index in [-0.39, 0.29) is 0 Å². The molecule has 1 heterocycles. The van der Waals surface area contributed by atoms with E-state index in [1.54, 1.807) is 10.9 Å². The highest BCUT2D eigenvalue weighted by Gasteiger charge is 2.04. The highest BCUT2D eigenvalue weighted by atomic mass is 35.5. The fourth-order valence-electron chi connectivity index (χ4n) is 0.952. The van der Waals surface area contributed by atoms with Gasteiger partial charge in [0.15, 0.2) is 0 Å². The summed E-state index contributed by atoms with van der Waals surface area (Å²) in [6.07, 6.45) is 3.50. The van der Waals surface area contributed by atoms with Crippen LogP contribution in [0.1, 0.15) is 12.1 Å². The maximum atomic E-state index is 5.85. The number of aryl methyl sites for hydroxylation is 1. The second kappa shape index (κ2) is 3.98. The molecule has 1 aromatic rings. The average Bonchev–Trinajstić information content (AvgIpc) is 2.29. The van der Waals surface area contributed by atoms with Gasteiger partial charge in [-0.25, -0.2) is 0 Å². The number of hydrogen-bond acceptors (Lipinski definition) is 1. The van der Waals surface area contributed by atoms with E-state index < -0.39 is 0 Å². The first-order valence-electron chi connectivity index (χ1n) is 3.48. The van der Waals surface area contributed by atoms with Crippen molar-refractivity contribution < 1.29 is 0 Å². The van der Waals surface area contributed by atoms with E-state index in [4.69, 9.17) is 23.2 Å². The molecule has 0 spiro atoms. The van der Waals surface area contributed by atoms with E-state index in [9.17, 15) is 0 Å². The van der Waals surface area contributed by atoms with Crippen molar-refractivity contribution >= 4 is 23.2 Å². The molecule has 62 valence electrons. The van der Waals surface area contributed by atoms with Crippen molar-refractivity contribution in [3.05, 3.63) is 16.9 Å². The van der Waals surface area contributed by atoms with Crippen molar-refractivity contribution in [3.63, 3.8) is 0 Å². The highest BCUT2D eigenvalue weighted by molar-refractivity contribution is 6.31. The van der Waals surface area contributed by atoms with Gasteiger partial charge in [0.1, 0.15) is 0 Å². The van der Waals surface area contributed by atoms with Crippen LogP contribution in [0.2, 0.25) is 5.02 Å². The van der Waals surface area contributed by atoms with Crippen LogP contribution in [0, 0.1) is 0 Å². The minimum atomic E-state index is 0.668. The van der Waals surface area contributed by atoms with Gasteiger partial charge in [0, 0.05) is 12.9 Å². The molecular weight excluding hydrogens is 183 g/mol. The predicted octanol–water partition coefficient (Wildman–Crippen LogP) is 2.24. The Bertz CT molecular complexity index is 213. The molecule has 1 rings (SSSR count). The van der Waals surface area contributed by atoms with Crippen molar-refractivity contribution in [2.45, 2.75) is 12.8 Å². The van der Waals surface area contributed by atoms with Crippen molar-refractivity contribution in [2.75, 3.05) is 5.88 Å². The molecule has 0 fully saturated rings. The first-order chi connectivity index (χ1) is 5.25. The Labute approximate surface area is 76.1 Å². The molecule has 1 aromatic heterocycles. The van der Waals surface area contributed by atoms with Gasteiger partial charge >= 0.3 is 0 Å². The van der Waals surface area contributed by atoms with Gasteiger partial charge in [-0.3, -0.25) is 4.68 Å². The van der Waals surface area contributed by atoms with Gasteiger partial charge in [-0.05, 0) is 12.8 Å². The number of hydrogen-bond donors (Lipinski definition) is 0. The Kier molecular flexibility index (Phi) is 3.21. The SMILES string of the molecule is Cn1ncc(Cl)c1CCCCl. The van der Waals surface area contributed by atoms with E-state index in [1.165, 1.54) is 0 Å². The van der Waals surface area contributed by atoms with Gasteiger partial charge in [-0.15, -0.1) is 11.6 Å². The summed E-state index contributed by atoms with van der Waals surface area (Å²) in [6.45, 7) is 0. The summed E-state index contributed by atoms with van der Waals surface area (Å²) in [5.41, 5.74) is 1.06. The summed E-state index contributed by atoms with van der Waals surface area (Å²) < 4.78 is 1.79. The summed E-state index contributed by atoms with van der Waals surface area (Å²) >= 11 is 11.4. The molecule has 0 saturated carbocycles. The lowest BCUT2D eigenvalue weighted by molar-refractivity contribution is 0.699. The third-order valence-corrected chi connectivity index (χ3v) is 2.14. The molecule has 0 aliphatic rings. The first-order valence-corrected chi connectivity index (χ1v) is 4.39. The number of rotatable bonds is 3. The van der Waals surface area contributed by atoms with Gasteiger partial charge < -0.3 is 0 Å². The van der Waals surface area contributed by atoms with Crippen LogP contribution in [0.15, 0.2) is 6.20 Å². The highest BCUT2D eigenvalue weighted by Crippen LogP contribution is 2.15. The molecule has 0 N–H and O–H groups in total. The second-order valence-electron chi connectivity index (χ2n) is 2.36.